The summed E-state index contributed by atoms with van der Waals surface area (Å²) in [6, 6.07) is 0. The van der Waals surface area contributed by atoms with Crippen LogP contribution < -0.4 is 0 Å². The Bertz CT molecular complexity index is 737. The highest BCUT2D eigenvalue weighted by Gasteiger charge is 2.72. The number of aliphatic hydroxyl groups excluding tert-OH is 1. The van der Waals surface area contributed by atoms with Crippen molar-refractivity contribution >= 4 is 17.5 Å². The van der Waals surface area contributed by atoms with Crippen molar-refractivity contribution in [3.05, 3.63) is 0 Å². The lowest BCUT2D eigenvalue weighted by Crippen LogP contribution is -2.68. The smallest absolute Gasteiger partial charge is 0.302 e. The Morgan fingerprint density at radius 2 is 1.83 bits per heavy atom. The number of rotatable bonds is 3. The monoisotopic (exact) mass is 408 g/mol. The lowest BCUT2D eigenvalue weighted by Gasteiger charge is -2.62. The Morgan fingerprint density at radius 1 is 1.14 bits per heavy atom. The molecule has 0 aromatic carbocycles. The average molecular weight is 409 g/mol. The summed E-state index contributed by atoms with van der Waals surface area (Å²) in [6.45, 7) is 4.78. The molecule has 4 aliphatic carbocycles. The van der Waals surface area contributed by atoms with E-state index in [0.29, 0.717) is 32.1 Å². The molecule has 0 amide bonds. The number of carbonyl (C=O) groups excluding carboxylic acids is 3. The van der Waals surface area contributed by atoms with E-state index in [1.165, 1.54) is 6.92 Å². The lowest BCUT2D eigenvalue weighted by atomic mass is 9.42. The van der Waals surface area contributed by atoms with Crippen LogP contribution in [-0.2, 0) is 19.1 Å². The molecule has 4 aliphatic rings. The third kappa shape index (κ3) is 2.77. The highest BCUT2D eigenvalue weighted by atomic mass is 19.1. The Hall–Kier alpha value is -1.30. The van der Waals surface area contributed by atoms with Gasteiger partial charge < -0.3 is 9.84 Å². The molecule has 5 nitrogen and oxygen atoms in total. The first kappa shape index (κ1) is 21.0. The van der Waals surface area contributed by atoms with E-state index in [0.717, 1.165) is 12.8 Å². The number of ether oxygens (including phenoxy) is 1. The maximum absolute atomic E-state index is 16.9. The number of alkyl halides is 1. The molecule has 0 unspecified atom stereocenters. The molecule has 1 N–H and O–H groups in total. The Morgan fingerprint density at radius 3 is 2.48 bits per heavy atom. The van der Waals surface area contributed by atoms with Crippen molar-refractivity contribution in [1.29, 1.82) is 0 Å². The minimum atomic E-state index is -1.88. The summed E-state index contributed by atoms with van der Waals surface area (Å²) < 4.78 is 22.4. The van der Waals surface area contributed by atoms with E-state index in [4.69, 9.17) is 4.74 Å². The van der Waals surface area contributed by atoms with Gasteiger partial charge in [-0.1, -0.05) is 13.8 Å². The van der Waals surface area contributed by atoms with Crippen LogP contribution in [0.15, 0.2) is 0 Å². The van der Waals surface area contributed by atoms with Gasteiger partial charge in [0.2, 0.25) is 0 Å². The minimum absolute atomic E-state index is 0.00494. The molecule has 4 rings (SSSR count). The summed E-state index contributed by atoms with van der Waals surface area (Å²) in [6.07, 6.45) is 4.48. The van der Waals surface area contributed by atoms with Crippen LogP contribution >= 0.6 is 0 Å². The molecule has 0 saturated heterocycles. The van der Waals surface area contributed by atoms with Crippen LogP contribution in [0, 0.1) is 34.5 Å². The van der Waals surface area contributed by atoms with Crippen LogP contribution in [0.5, 0.6) is 0 Å². The summed E-state index contributed by atoms with van der Waals surface area (Å²) in [7, 11) is 0. The van der Waals surface area contributed by atoms with Gasteiger partial charge in [-0.25, -0.2) is 4.39 Å². The van der Waals surface area contributed by atoms with Gasteiger partial charge in [0.05, 0.1) is 0 Å². The number of carbonyl (C=O) groups is 3. The zero-order valence-electron chi connectivity index (χ0n) is 17.7. The molecule has 8 atom stereocenters. The first-order valence-corrected chi connectivity index (χ1v) is 11.1. The van der Waals surface area contributed by atoms with Gasteiger partial charge in [0.1, 0.15) is 12.7 Å². The quantitative estimate of drug-likeness (QED) is 0.724. The van der Waals surface area contributed by atoms with Gasteiger partial charge >= 0.3 is 5.97 Å². The highest BCUT2D eigenvalue weighted by Crippen LogP contribution is 2.69. The predicted octanol–water partition coefficient (Wildman–Crippen LogP) is 3.41. The zero-order valence-corrected chi connectivity index (χ0v) is 17.7. The molecule has 4 saturated carbocycles. The maximum Gasteiger partial charge on any atom is 0.302 e. The fourth-order valence-electron chi connectivity index (χ4n) is 7.92. The summed E-state index contributed by atoms with van der Waals surface area (Å²) >= 11 is 0. The first-order chi connectivity index (χ1) is 13.6. The fourth-order valence-corrected chi connectivity index (χ4v) is 7.92. The van der Waals surface area contributed by atoms with Crippen molar-refractivity contribution < 1.29 is 28.6 Å². The van der Waals surface area contributed by atoms with Crippen molar-refractivity contribution in [2.45, 2.75) is 83.9 Å². The maximum atomic E-state index is 16.9. The lowest BCUT2D eigenvalue weighted by molar-refractivity contribution is -0.204. The summed E-state index contributed by atoms with van der Waals surface area (Å²) in [5.41, 5.74) is -3.17. The standard InChI is InChI=1S/C23H33FO5/c1-13(26)29-15-8-9-22(3)14(10-15)4-5-17-16-6-7-18(19(27)12-25)21(16,2)11-20(28)23(17,22)24/h14-18,25H,4-12H2,1-3H3/t14-,15-,16+,17+,18-,21+,22+,23+/m1/s1. The molecule has 0 bridgehead atoms. The van der Waals surface area contributed by atoms with Gasteiger partial charge in [-0.05, 0) is 62.2 Å². The molecule has 0 aromatic rings. The van der Waals surface area contributed by atoms with Crippen LogP contribution in [0.2, 0.25) is 0 Å². The molecule has 0 radical (unpaired) electrons. The number of Topliss-reactive ketones (excluding diaryl/α,β-unsaturated/α-hetero) is 2. The normalized spacial score (nSPS) is 49.0. The van der Waals surface area contributed by atoms with E-state index in [-0.39, 0.29) is 53.7 Å². The van der Waals surface area contributed by atoms with Crippen LogP contribution in [0.4, 0.5) is 4.39 Å². The number of hydrogen-bond acceptors (Lipinski definition) is 5. The molecular weight excluding hydrogens is 375 g/mol. The second kappa shape index (κ2) is 6.86. The van der Waals surface area contributed by atoms with E-state index in [9.17, 15) is 19.5 Å². The van der Waals surface area contributed by atoms with Crippen molar-refractivity contribution in [1.82, 2.24) is 0 Å². The van der Waals surface area contributed by atoms with Gasteiger partial charge in [0.25, 0.3) is 0 Å². The molecule has 0 aromatic heterocycles. The van der Waals surface area contributed by atoms with E-state index in [1.54, 1.807) is 0 Å². The molecule has 29 heavy (non-hydrogen) atoms. The van der Waals surface area contributed by atoms with Crippen molar-refractivity contribution in [3.8, 4) is 0 Å². The van der Waals surface area contributed by atoms with Gasteiger partial charge in [-0.2, -0.15) is 0 Å². The summed E-state index contributed by atoms with van der Waals surface area (Å²) in [5, 5.41) is 9.39. The van der Waals surface area contributed by atoms with Crippen molar-refractivity contribution in [2.24, 2.45) is 34.5 Å². The van der Waals surface area contributed by atoms with Crippen molar-refractivity contribution in [2.75, 3.05) is 6.61 Å². The molecule has 4 fully saturated rings. The first-order valence-electron chi connectivity index (χ1n) is 11.1. The number of halogens is 1. The number of hydrogen-bond donors (Lipinski definition) is 1. The predicted molar refractivity (Wildman–Crippen MR) is 104 cm³/mol. The third-order valence-corrected chi connectivity index (χ3v) is 9.32. The largest absolute Gasteiger partial charge is 0.463 e. The number of ketones is 2. The van der Waals surface area contributed by atoms with E-state index in [2.05, 4.69) is 0 Å². The third-order valence-electron chi connectivity index (χ3n) is 9.32. The van der Waals surface area contributed by atoms with Crippen LogP contribution in [0.3, 0.4) is 0 Å². The van der Waals surface area contributed by atoms with E-state index >= 15 is 4.39 Å². The molecule has 0 aliphatic heterocycles. The van der Waals surface area contributed by atoms with Crippen molar-refractivity contribution in [3.63, 3.8) is 0 Å². The van der Waals surface area contributed by atoms with Crippen LogP contribution in [0.25, 0.3) is 0 Å². The fraction of sp³-hybridized carbons (Fsp3) is 0.870. The van der Waals surface area contributed by atoms with Crippen LogP contribution in [-0.4, -0.2) is 41.0 Å². The second-order valence-electron chi connectivity index (χ2n) is 10.5. The van der Waals surface area contributed by atoms with E-state index < -0.39 is 23.1 Å². The Kier molecular flexibility index (Phi) is 4.96. The summed E-state index contributed by atoms with van der Waals surface area (Å²) in [4.78, 5) is 37.1. The Balaban J connectivity index is 1.65. The van der Waals surface area contributed by atoms with Gasteiger partial charge in [0, 0.05) is 30.6 Å². The molecule has 6 heteroatoms. The van der Waals surface area contributed by atoms with Gasteiger partial charge in [-0.15, -0.1) is 0 Å². The topological polar surface area (TPSA) is 80.7 Å². The van der Waals surface area contributed by atoms with Gasteiger partial charge in [-0.3, -0.25) is 14.4 Å². The number of aliphatic hydroxyl groups is 1. The average Bonchev–Trinajstić information content (AvgIpc) is 2.99. The SMILES string of the molecule is CC(=O)O[C@@H]1CC[C@@]2(C)[C@H](CC[C@H]3[C@@H]4CC[C@H](C(=O)CO)[C@@]4(C)CC(=O)[C@@]32F)C1. The molecule has 0 heterocycles. The zero-order chi connectivity index (χ0) is 21.2. The number of esters is 1. The summed E-state index contributed by atoms with van der Waals surface area (Å²) in [5.74, 6) is -1.57. The number of fused-ring (bicyclic) bond motifs is 5. The molecule has 0 spiro atoms. The molecular formula is C23H33FO5. The van der Waals surface area contributed by atoms with Crippen LogP contribution in [0.1, 0.15) is 72.1 Å². The minimum Gasteiger partial charge on any atom is -0.463 e. The van der Waals surface area contributed by atoms with E-state index in [1.807, 2.05) is 13.8 Å². The van der Waals surface area contributed by atoms with Gasteiger partial charge in [0.15, 0.2) is 17.2 Å². The molecule has 162 valence electrons. The second-order valence-corrected chi connectivity index (χ2v) is 10.5. The Labute approximate surface area is 171 Å². The highest BCUT2D eigenvalue weighted by molar-refractivity contribution is 5.92.